The van der Waals surface area contributed by atoms with E-state index in [4.69, 9.17) is 28.7 Å². The van der Waals surface area contributed by atoms with E-state index in [-0.39, 0.29) is 25.0 Å². The van der Waals surface area contributed by atoms with Crippen LogP contribution in [0.5, 0.6) is 11.5 Å². The van der Waals surface area contributed by atoms with Crippen molar-refractivity contribution in [2.75, 3.05) is 24.7 Å². The molecule has 56 heavy (non-hydrogen) atoms. The smallest absolute Gasteiger partial charge is 0.339 e. The van der Waals surface area contributed by atoms with Crippen LogP contribution in [0.4, 0.5) is 0 Å². The number of aliphatic imine (C=N–C) groups is 2. The van der Waals surface area contributed by atoms with Gasteiger partial charge in [0.25, 0.3) is 0 Å². The van der Waals surface area contributed by atoms with E-state index in [9.17, 15) is 19.2 Å². The van der Waals surface area contributed by atoms with E-state index in [1.165, 1.54) is 35.7 Å². The van der Waals surface area contributed by atoms with Crippen molar-refractivity contribution in [3.8, 4) is 11.5 Å². The number of hydrogen-bond donors (Lipinski definition) is 4. The van der Waals surface area contributed by atoms with Crippen LogP contribution in [0.15, 0.2) is 88.3 Å². The summed E-state index contributed by atoms with van der Waals surface area (Å²) in [6.45, 7) is 18.3. The number of amides is 2. The molecule has 4 N–H and O–H groups in total. The minimum atomic E-state index is -1.00. The van der Waals surface area contributed by atoms with Crippen molar-refractivity contribution in [1.29, 1.82) is 0 Å². The molecule has 2 aromatic rings. The highest BCUT2D eigenvalue weighted by Crippen LogP contribution is 2.32. The number of thioether (sulfide) groups is 2. The Bertz CT molecular complexity index is 1840. The first-order chi connectivity index (χ1) is 26.6. The number of nitrogens with one attached hydrogen (secondary N) is 2. The molecule has 2 aromatic heterocycles. The lowest BCUT2D eigenvalue weighted by Gasteiger charge is -2.24. The van der Waals surface area contributed by atoms with Gasteiger partial charge in [0.15, 0.2) is 0 Å². The van der Waals surface area contributed by atoms with Crippen molar-refractivity contribution in [3.63, 3.8) is 0 Å². The second kappa shape index (κ2) is 21.3. The zero-order valence-corrected chi connectivity index (χ0v) is 34.1. The lowest BCUT2D eigenvalue weighted by atomic mass is 10.0. The first-order valence-corrected chi connectivity index (χ1v) is 19.9. The van der Waals surface area contributed by atoms with Crippen LogP contribution < -0.4 is 31.4 Å². The fourth-order valence-corrected chi connectivity index (χ4v) is 7.48. The van der Waals surface area contributed by atoms with E-state index < -0.39 is 34.4 Å². The molecule has 0 unspecified atom stereocenters. The maximum absolute atomic E-state index is 12.9. The first kappa shape index (κ1) is 45.3. The summed E-state index contributed by atoms with van der Waals surface area (Å²) < 4.78 is 21.5. The normalized spacial score (nSPS) is 20.4. The predicted octanol–water partition coefficient (Wildman–Crippen LogP) is 5.83. The summed E-state index contributed by atoms with van der Waals surface area (Å²) in [6.07, 6.45) is 5.84. The Morgan fingerprint density at radius 1 is 0.804 bits per heavy atom. The predicted molar refractivity (Wildman–Crippen MR) is 219 cm³/mol. The highest BCUT2D eigenvalue weighted by molar-refractivity contribution is 8.16. The number of oxime groups is 2. The topological polar surface area (TPSA) is 227 Å². The lowest BCUT2D eigenvalue weighted by molar-refractivity contribution is -0.126. The van der Waals surface area contributed by atoms with Crippen LogP contribution >= 0.6 is 23.5 Å². The van der Waals surface area contributed by atoms with Crippen molar-refractivity contribution in [1.82, 2.24) is 10.6 Å². The molecule has 4 rings (SSSR count). The molecular weight excluding hydrogens is 765 g/mol. The molecule has 0 saturated heterocycles. The third-order valence-electron chi connectivity index (χ3n) is 8.29. The van der Waals surface area contributed by atoms with E-state index in [1.807, 2.05) is 13.8 Å². The van der Waals surface area contributed by atoms with Gasteiger partial charge in [0.05, 0.1) is 24.2 Å². The Balaban J connectivity index is 0.000000300. The van der Waals surface area contributed by atoms with Crippen molar-refractivity contribution in [3.05, 3.63) is 81.9 Å². The van der Waals surface area contributed by atoms with Gasteiger partial charge in [-0.25, -0.2) is 9.59 Å². The fourth-order valence-electron chi connectivity index (χ4n) is 5.23. The largest absolute Gasteiger partial charge is 0.489 e. The summed E-state index contributed by atoms with van der Waals surface area (Å²) in [4.78, 5) is 58.5. The van der Waals surface area contributed by atoms with Gasteiger partial charge in [-0.2, -0.15) is 0 Å². The Morgan fingerprint density at radius 2 is 1.18 bits per heavy atom. The fraction of sp³-hybridized carbons (Fsp3) is 0.474. The van der Waals surface area contributed by atoms with Gasteiger partial charge in [-0.05, 0) is 40.5 Å². The van der Waals surface area contributed by atoms with E-state index in [0.29, 0.717) is 68.9 Å². The molecule has 0 fully saturated rings. The summed E-state index contributed by atoms with van der Waals surface area (Å²) in [5, 5.41) is 31.0. The molecule has 2 amide bonds. The summed E-state index contributed by atoms with van der Waals surface area (Å²) >= 11 is 2.71. The van der Waals surface area contributed by atoms with Gasteiger partial charge in [0, 0.05) is 23.6 Å². The Hall–Kier alpha value is -5.10. The molecule has 304 valence electrons. The van der Waals surface area contributed by atoms with Crippen molar-refractivity contribution >= 4 is 56.8 Å². The van der Waals surface area contributed by atoms with Crippen LogP contribution in [0.3, 0.4) is 0 Å². The minimum absolute atomic E-state index is 0.256. The first-order valence-electron chi connectivity index (χ1n) is 17.9. The quantitative estimate of drug-likeness (QED) is 0.0603. The number of nitrogens with zero attached hydrogens (tertiary/aromatic N) is 4. The SMILES string of the molecule is C=CCOc1cc([C@@H](CCC)NC(=O)[C@]2(C)CSC(/C(C)=N/O)=N2)oc(=O)c1.C=CCOc1cc([C@@H](CCC)NC(=O)[C@]2(C)CSC(/C(C)=N\O)=N2)oc(=O)c1. The standard InChI is InChI=1S/2C19H25N3O5S/c2*1-5-7-14(15-9-13(26-8-6-2)10-16(23)27-15)20-18(24)19(4)11-28-17(21-19)12(3)22-25/h2*6,9-10,14,25H,2,5,7-8,11H2,1,3-4H3,(H,20,24)/b22-12+;22-12-/t2*14-,19+/m11/s1. The second-order valence-electron chi connectivity index (χ2n) is 13.2. The molecule has 0 aliphatic carbocycles. The average Bonchev–Trinajstić information content (AvgIpc) is 3.79. The monoisotopic (exact) mass is 814 g/mol. The van der Waals surface area contributed by atoms with Gasteiger partial charge in [0.2, 0.25) is 11.8 Å². The Labute approximate surface area is 333 Å². The van der Waals surface area contributed by atoms with Gasteiger partial charge in [-0.1, -0.05) is 62.3 Å². The molecule has 4 heterocycles. The van der Waals surface area contributed by atoms with Gasteiger partial charge in [0.1, 0.15) is 68.8 Å². The Kier molecular flexibility index (Phi) is 17.2. The molecule has 0 spiro atoms. The van der Waals surface area contributed by atoms with Crippen LogP contribution in [-0.4, -0.2) is 79.5 Å². The molecule has 16 nitrogen and oxygen atoms in total. The van der Waals surface area contributed by atoms with Crippen LogP contribution in [0.25, 0.3) is 0 Å². The highest BCUT2D eigenvalue weighted by Gasteiger charge is 2.41. The number of rotatable bonds is 18. The second-order valence-corrected chi connectivity index (χ2v) is 15.1. The molecule has 4 atom stereocenters. The summed E-state index contributed by atoms with van der Waals surface area (Å²) in [6, 6.07) is 4.72. The molecule has 2 aliphatic heterocycles. The van der Waals surface area contributed by atoms with Gasteiger partial charge in [-0.15, -0.1) is 23.5 Å². The molecule has 18 heteroatoms. The number of hydrogen-bond acceptors (Lipinski definition) is 16. The third-order valence-corrected chi connectivity index (χ3v) is 11.0. The van der Waals surface area contributed by atoms with Crippen molar-refractivity contribution in [2.45, 2.75) is 90.4 Å². The van der Waals surface area contributed by atoms with E-state index in [1.54, 1.807) is 52.0 Å². The minimum Gasteiger partial charge on any atom is -0.489 e. The van der Waals surface area contributed by atoms with Crippen LogP contribution in [0.1, 0.15) is 90.8 Å². The summed E-state index contributed by atoms with van der Waals surface area (Å²) in [5.74, 6) is 1.64. The van der Waals surface area contributed by atoms with Gasteiger partial charge in [-0.3, -0.25) is 19.6 Å². The maximum atomic E-state index is 12.9. The maximum Gasteiger partial charge on any atom is 0.339 e. The lowest BCUT2D eigenvalue weighted by Crippen LogP contribution is -2.45. The van der Waals surface area contributed by atoms with Gasteiger partial charge >= 0.3 is 11.3 Å². The molecular formula is C38H50N6O10S2. The zero-order chi connectivity index (χ0) is 41.5. The molecule has 0 saturated carbocycles. The molecule has 0 bridgehead atoms. The average molecular weight is 815 g/mol. The summed E-state index contributed by atoms with van der Waals surface area (Å²) in [5.41, 5.74) is -2.38. The molecule has 0 aromatic carbocycles. The van der Waals surface area contributed by atoms with Crippen molar-refractivity contribution < 1.29 is 38.3 Å². The highest BCUT2D eigenvalue weighted by atomic mass is 32.2. The zero-order valence-electron chi connectivity index (χ0n) is 32.5. The number of ether oxygens (including phenoxy) is 2. The van der Waals surface area contributed by atoms with Crippen LogP contribution in [0, 0.1) is 0 Å². The number of carbonyl (C=O) groups excluding carboxylic acids is 2. The number of carbonyl (C=O) groups is 2. The van der Waals surface area contributed by atoms with Crippen molar-refractivity contribution in [2.24, 2.45) is 20.3 Å². The molecule has 0 radical (unpaired) electrons. The third kappa shape index (κ3) is 12.5. The summed E-state index contributed by atoms with van der Waals surface area (Å²) in [7, 11) is 0. The van der Waals surface area contributed by atoms with Gasteiger partial charge < -0.3 is 39.4 Å². The Morgan fingerprint density at radius 3 is 1.50 bits per heavy atom. The van der Waals surface area contributed by atoms with E-state index in [0.717, 1.165) is 12.8 Å². The van der Waals surface area contributed by atoms with Crippen LogP contribution in [-0.2, 0) is 9.59 Å². The van der Waals surface area contributed by atoms with E-state index >= 15 is 0 Å². The molecule has 2 aliphatic rings. The van der Waals surface area contributed by atoms with E-state index in [2.05, 4.69) is 44.1 Å². The van der Waals surface area contributed by atoms with Crippen LogP contribution in [0.2, 0.25) is 0 Å².